The molecule has 2 heterocycles. The first-order chi connectivity index (χ1) is 24.9. The van der Waals surface area contributed by atoms with E-state index in [0.29, 0.717) is 37.2 Å². The van der Waals surface area contributed by atoms with E-state index in [9.17, 15) is 14.7 Å². The van der Waals surface area contributed by atoms with Gasteiger partial charge in [-0.15, -0.1) is 11.3 Å². The zero-order valence-electron chi connectivity index (χ0n) is 28.5. The lowest BCUT2D eigenvalue weighted by atomic mass is 10.0. The number of thioether (sulfide) groups is 1. The summed E-state index contributed by atoms with van der Waals surface area (Å²) in [6.07, 6.45) is 4.11. The minimum absolute atomic E-state index is 0.000233. The highest BCUT2D eigenvalue weighted by Gasteiger charge is 2.32. The molecule has 5 N–H and O–H groups in total. The minimum Gasteiger partial charge on any atom is -0.397 e. The molecule has 51 heavy (non-hydrogen) atoms. The molecule has 4 aromatic carbocycles. The molecule has 3 atom stereocenters. The van der Waals surface area contributed by atoms with Crippen LogP contribution in [0.3, 0.4) is 0 Å². The van der Waals surface area contributed by atoms with Gasteiger partial charge in [0.15, 0.2) is 10.6 Å². The van der Waals surface area contributed by atoms with Crippen molar-refractivity contribution in [3.63, 3.8) is 0 Å². The van der Waals surface area contributed by atoms with Gasteiger partial charge >= 0.3 is 0 Å². The van der Waals surface area contributed by atoms with Crippen LogP contribution >= 0.6 is 23.1 Å². The number of hydrogen-bond donors (Lipinski definition) is 4. The van der Waals surface area contributed by atoms with Gasteiger partial charge < -0.3 is 30.9 Å². The van der Waals surface area contributed by atoms with Gasteiger partial charge in [-0.2, -0.15) is 0 Å². The van der Waals surface area contributed by atoms with E-state index in [2.05, 4.69) is 16.7 Å². The normalized spacial score (nSPS) is 17.3. The first-order valence-electron chi connectivity index (χ1n) is 17.4. The van der Waals surface area contributed by atoms with Gasteiger partial charge in [-0.1, -0.05) is 97.4 Å². The summed E-state index contributed by atoms with van der Waals surface area (Å²) in [7, 11) is 0. The number of aliphatic hydroxyl groups excluding tert-OH is 1. The second-order valence-electron chi connectivity index (χ2n) is 12.7. The van der Waals surface area contributed by atoms with Crippen molar-refractivity contribution in [3.8, 4) is 0 Å². The average Bonchev–Trinajstić information content (AvgIpc) is 3.59. The molecule has 0 aliphatic carbocycles. The third-order valence-corrected chi connectivity index (χ3v) is 11.1. The van der Waals surface area contributed by atoms with Crippen molar-refractivity contribution in [2.75, 3.05) is 16.8 Å². The van der Waals surface area contributed by atoms with Crippen LogP contribution in [0.15, 0.2) is 101 Å². The van der Waals surface area contributed by atoms with E-state index in [1.54, 1.807) is 35.2 Å². The predicted molar refractivity (Wildman–Crippen MR) is 204 cm³/mol. The summed E-state index contributed by atoms with van der Waals surface area (Å²) in [5.41, 5.74) is 11.9. The molecule has 266 valence electrons. The lowest BCUT2D eigenvalue weighted by Crippen LogP contribution is -2.31. The lowest BCUT2D eigenvalue weighted by molar-refractivity contribution is -0.245. The predicted octanol–water partition coefficient (Wildman–Crippen LogP) is 8.30. The number of aromatic nitrogens is 1. The number of nitrogens with two attached hydrogens (primary N) is 1. The van der Waals surface area contributed by atoms with Crippen molar-refractivity contribution in [2.24, 2.45) is 0 Å². The van der Waals surface area contributed by atoms with E-state index in [0.717, 1.165) is 63.5 Å². The molecule has 1 aliphatic heterocycles. The zero-order chi connectivity index (χ0) is 35.4. The maximum absolute atomic E-state index is 12.5. The number of nitrogens with one attached hydrogen (secondary N) is 2. The number of hydrogen-bond acceptors (Lipinski definition) is 9. The zero-order valence-corrected chi connectivity index (χ0v) is 30.1. The van der Waals surface area contributed by atoms with Gasteiger partial charge in [0.1, 0.15) is 0 Å². The summed E-state index contributed by atoms with van der Waals surface area (Å²) in [6.45, 7) is 0.440. The molecule has 0 unspecified atom stereocenters. The molecule has 6 rings (SSSR count). The quantitative estimate of drug-likeness (QED) is 0.0454. The molecule has 0 saturated carbocycles. The van der Waals surface area contributed by atoms with Crippen molar-refractivity contribution in [1.82, 2.24) is 10.3 Å². The van der Waals surface area contributed by atoms with E-state index < -0.39 is 6.29 Å². The molecule has 2 amide bonds. The van der Waals surface area contributed by atoms with Crippen LogP contribution in [0.5, 0.6) is 0 Å². The molecule has 0 bridgehead atoms. The number of anilines is 2. The van der Waals surface area contributed by atoms with Gasteiger partial charge in [0.05, 0.1) is 40.4 Å². The highest BCUT2D eigenvalue weighted by molar-refractivity contribution is 8.01. The van der Waals surface area contributed by atoms with Gasteiger partial charge in [0.2, 0.25) is 11.8 Å². The van der Waals surface area contributed by atoms with Crippen molar-refractivity contribution >= 4 is 56.5 Å². The van der Waals surface area contributed by atoms with Crippen LogP contribution in [0.25, 0.3) is 10.2 Å². The Bertz CT molecular complexity index is 1850. The van der Waals surface area contributed by atoms with E-state index in [1.807, 2.05) is 78.9 Å². The van der Waals surface area contributed by atoms with Crippen LogP contribution in [0.4, 0.5) is 11.4 Å². The number of thiazole rings is 1. The second-order valence-corrected chi connectivity index (χ2v) is 15.0. The van der Waals surface area contributed by atoms with Crippen LogP contribution in [0.2, 0.25) is 0 Å². The molecule has 9 nitrogen and oxygen atoms in total. The summed E-state index contributed by atoms with van der Waals surface area (Å²) in [6, 6.07) is 31.3. The fourth-order valence-electron chi connectivity index (χ4n) is 5.93. The van der Waals surface area contributed by atoms with Gasteiger partial charge in [0, 0.05) is 37.1 Å². The van der Waals surface area contributed by atoms with E-state index in [1.165, 1.54) is 4.70 Å². The number of carbonyl (C=O) groups is 2. The molecule has 5 aromatic rings. The highest BCUT2D eigenvalue weighted by Crippen LogP contribution is 2.40. The summed E-state index contributed by atoms with van der Waals surface area (Å²) in [5, 5.41) is 15.4. The van der Waals surface area contributed by atoms with Crippen LogP contribution < -0.4 is 16.4 Å². The average molecular weight is 725 g/mol. The smallest absolute Gasteiger partial charge is 0.224 e. The molecule has 1 saturated heterocycles. The Morgan fingerprint density at radius 1 is 0.824 bits per heavy atom. The van der Waals surface area contributed by atoms with Crippen LogP contribution in [0.1, 0.15) is 79.6 Å². The number of nitrogens with zero attached hydrogens (tertiary/aromatic N) is 1. The van der Waals surface area contributed by atoms with Gasteiger partial charge in [-0.05, 0) is 53.8 Å². The third-order valence-electron chi connectivity index (χ3n) is 8.82. The number of fused-ring (bicyclic) bond motifs is 1. The standard InChI is InChI=1S/C40H44N4O5S2/c41-32-9-5-6-10-33(32)43-38(47)14-4-2-1-3-13-37(46)42-24-27-15-21-30(22-16-27)39-48-31(23-35(49-39)29-19-17-28(25-45)18-20-29)26-50-40-44-34-11-7-8-12-36(34)51-40/h5-12,15-22,31,35,39,45H,1-4,13-14,23-26,41H2,(H,42,46)(H,43,47)/t31-,35+,39+/m0/s1. The Morgan fingerprint density at radius 2 is 1.51 bits per heavy atom. The summed E-state index contributed by atoms with van der Waals surface area (Å²) < 4.78 is 15.2. The molecule has 0 radical (unpaired) electrons. The Morgan fingerprint density at radius 3 is 2.25 bits per heavy atom. The van der Waals surface area contributed by atoms with Gasteiger partial charge in [-0.3, -0.25) is 9.59 Å². The van der Waals surface area contributed by atoms with Crippen molar-refractivity contribution < 1.29 is 24.2 Å². The molecule has 1 fully saturated rings. The number of amides is 2. The first kappa shape index (κ1) is 36.5. The monoisotopic (exact) mass is 724 g/mol. The topological polar surface area (TPSA) is 136 Å². The number of rotatable bonds is 16. The third kappa shape index (κ3) is 10.6. The Hall–Kier alpha value is -4.26. The molecule has 0 spiro atoms. The van der Waals surface area contributed by atoms with E-state index in [-0.39, 0.29) is 30.6 Å². The van der Waals surface area contributed by atoms with Crippen LogP contribution in [-0.4, -0.2) is 33.8 Å². The number of carbonyl (C=O) groups excluding carboxylic acids is 2. The van der Waals surface area contributed by atoms with Gasteiger partial charge in [-0.25, -0.2) is 4.98 Å². The second kappa shape index (κ2) is 18.3. The van der Waals surface area contributed by atoms with Crippen molar-refractivity contribution in [1.29, 1.82) is 0 Å². The van der Waals surface area contributed by atoms with Crippen LogP contribution in [-0.2, 0) is 32.2 Å². The Kier molecular flexibility index (Phi) is 13.1. The number of unbranched alkanes of at least 4 members (excludes halogenated alkanes) is 3. The van der Waals surface area contributed by atoms with E-state index >= 15 is 0 Å². The van der Waals surface area contributed by atoms with Gasteiger partial charge in [0.25, 0.3) is 0 Å². The van der Waals surface area contributed by atoms with E-state index in [4.69, 9.17) is 20.2 Å². The fourth-order valence-corrected chi connectivity index (χ4v) is 8.04. The van der Waals surface area contributed by atoms with Crippen molar-refractivity contribution in [2.45, 2.75) is 80.9 Å². The molecule has 1 aromatic heterocycles. The molecule has 11 heteroatoms. The lowest BCUT2D eigenvalue weighted by Gasteiger charge is -2.36. The SMILES string of the molecule is Nc1ccccc1NC(=O)CCCCCCC(=O)NCc1ccc([C@@H]2O[C@H](CSc3nc4ccccc4s3)C[C@H](c3ccc(CO)cc3)O2)cc1. The van der Waals surface area contributed by atoms with Crippen molar-refractivity contribution in [3.05, 3.63) is 119 Å². The molecular formula is C40H44N4O5S2. The number of benzene rings is 4. The maximum atomic E-state index is 12.5. The number of aliphatic hydroxyl groups is 1. The summed E-state index contributed by atoms with van der Waals surface area (Å²) in [5.74, 6) is 0.707. The van der Waals surface area contributed by atoms with Crippen LogP contribution in [0, 0.1) is 0 Å². The largest absolute Gasteiger partial charge is 0.397 e. The Balaban J connectivity index is 0.958. The first-order valence-corrected chi connectivity index (χ1v) is 19.2. The maximum Gasteiger partial charge on any atom is 0.224 e. The molecule has 1 aliphatic rings. The summed E-state index contributed by atoms with van der Waals surface area (Å²) >= 11 is 3.41. The number of ether oxygens (including phenoxy) is 2. The minimum atomic E-state index is -0.548. The number of para-hydroxylation sites is 3. The number of nitrogen functional groups attached to an aromatic ring is 1. The summed E-state index contributed by atoms with van der Waals surface area (Å²) in [4.78, 5) is 29.5. The Labute approximate surface area is 307 Å². The highest BCUT2D eigenvalue weighted by atomic mass is 32.2. The fraction of sp³-hybridized carbons (Fsp3) is 0.325. The molecular weight excluding hydrogens is 681 g/mol.